The van der Waals surface area contributed by atoms with Crippen molar-refractivity contribution in [2.75, 3.05) is 0 Å². The van der Waals surface area contributed by atoms with Crippen molar-refractivity contribution in [3.63, 3.8) is 0 Å². The molecule has 1 aliphatic rings. The van der Waals surface area contributed by atoms with Crippen LogP contribution in [0.3, 0.4) is 0 Å². The first-order chi connectivity index (χ1) is 6.27. The quantitative estimate of drug-likeness (QED) is 0.819. The third-order valence-electron chi connectivity index (χ3n) is 2.91. The summed E-state index contributed by atoms with van der Waals surface area (Å²) in [5.41, 5.74) is 8.23. The standard InChI is InChI=1S/C11H16N2.ClH/c1-8-4-2-7-10(13-8)11(12)9-5-3-6-9;/h2,4,7,9,11H,3,5-6,12H2,1H3;1H. The van der Waals surface area contributed by atoms with Gasteiger partial charge in [0, 0.05) is 11.7 Å². The van der Waals surface area contributed by atoms with Crippen LogP contribution in [0.5, 0.6) is 0 Å². The molecule has 1 saturated carbocycles. The number of hydrogen-bond acceptors (Lipinski definition) is 2. The summed E-state index contributed by atoms with van der Waals surface area (Å²) >= 11 is 0. The lowest BCUT2D eigenvalue weighted by molar-refractivity contribution is 0.261. The van der Waals surface area contributed by atoms with Crippen LogP contribution in [0.4, 0.5) is 0 Å². The average molecular weight is 213 g/mol. The maximum Gasteiger partial charge on any atom is 0.0577 e. The zero-order chi connectivity index (χ0) is 9.26. The van der Waals surface area contributed by atoms with E-state index in [-0.39, 0.29) is 18.4 Å². The van der Waals surface area contributed by atoms with Gasteiger partial charge in [0.25, 0.3) is 0 Å². The fraction of sp³-hybridized carbons (Fsp3) is 0.545. The number of pyridine rings is 1. The Morgan fingerprint density at radius 3 is 2.64 bits per heavy atom. The second-order valence-corrected chi connectivity index (χ2v) is 3.92. The molecule has 14 heavy (non-hydrogen) atoms. The number of hydrogen-bond donors (Lipinski definition) is 1. The van der Waals surface area contributed by atoms with E-state index >= 15 is 0 Å². The number of nitrogens with two attached hydrogens (primary N) is 1. The van der Waals surface area contributed by atoms with Gasteiger partial charge in [-0.15, -0.1) is 12.4 Å². The van der Waals surface area contributed by atoms with Gasteiger partial charge in [-0.3, -0.25) is 4.98 Å². The van der Waals surface area contributed by atoms with Crippen LogP contribution in [0.1, 0.15) is 36.7 Å². The van der Waals surface area contributed by atoms with E-state index in [1.54, 1.807) is 0 Å². The highest BCUT2D eigenvalue weighted by atomic mass is 35.5. The minimum Gasteiger partial charge on any atom is -0.322 e. The van der Waals surface area contributed by atoms with Crippen molar-refractivity contribution in [3.05, 3.63) is 29.6 Å². The highest BCUT2D eigenvalue weighted by molar-refractivity contribution is 5.85. The molecule has 1 unspecified atom stereocenters. The topological polar surface area (TPSA) is 38.9 Å². The number of rotatable bonds is 2. The zero-order valence-corrected chi connectivity index (χ0v) is 9.26. The highest BCUT2D eigenvalue weighted by Crippen LogP contribution is 2.35. The summed E-state index contributed by atoms with van der Waals surface area (Å²) in [6.07, 6.45) is 3.89. The summed E-state index contributed by atoms with van der Waals surface area (Å²) in [6.45, 7) is 2.01. The number of aryl methyl sites for hydroxylation is 1. The average Bonchev–Trinajstić information content (AvgIpc) is 2.01. The first kappa shape index (κ1) is 11.5. The Hall–Kier alpha value is -0.600. The Morgan fingerprint density at radius 2 is 2.14 bits per heavy atom. The molecule has 0 aromatic carbocycles. The normalized spacial score (nSPS) is 18.1. The van der Waals surface area contributed by atoms with Crippen molar-refractivity contribution in [2.45, 2.75) is 32.2 Å². The molecule has 1 aliphatic carbocycles. The molecule has 0 bridgehead atoms. The molecule has 1 atom stereocenters. The maximum atomic E-state index is 6.11. The van der Waals surface area contributed by atoms with Gasteiger partial charge in [0.2, 0.25) is 0 Å². The summed E-state index contributed by atoms with van der Waals surface area (Å²) < 4.78 is 0. The van der Waals surface area contributed by atoms with E-state index in [9.17, 15) is 0 Å². The SMILES string of the molecule is Cc1cccc(C(N)C2CCC2)n1.Cl. The van der Waals surface area contributed by atoms with Gasteiger partial charge >= 0.3 is 0 Å². The predicted molar refractivity (Wildman–Crippen MR) is 60.5 cm³/mol. The van der Waals surface area contributed by atoms with Crippen molar-refractivity contribution >= 4 is 12.4 Å². The minimum atomic E-state index is 0. The molecule has 1 heterocycles. The molecular weight excluding hydrogens is 196 g/mol. The molecule has 2 rings (SSSR count). The molecule has 2 nitrogen and oxygen atoms in total. The van der Waals surface area contributed by atoms with Gasteiger partial charge in [0.05, 0.1) is 5.69 Å². The first-order valence-corrected chi connectivity index (χ1v) is 4.96. The Morgan fingerprint density at radius 1 is 1.43 bits per heavy atom. The molecule has 1 aromatic heterocycles. The van der Waals surface area contributed by atoms with E-state index in [0.29, 0.717) is 5.92 Å². The second kappa shape index (κ2) is 4.76. The van der Waals surface area contributed by atoms with E-state index in [1.807, 2.05) is 25.1 Å². The lowest BCUT2D eigenvalue weighted by Gasteiger charge is -2.30. The highest BCUT2D eigenvalue weighted by Gasteiger charge is 2.26. The molecule has 78 valence electrons. The van der Waals surface area contributed by atoms with Gasteiger partial charge in [-0.1, -0.05) is 12.5 Å². The summed E-state index contributed by atoms with van der Waals surface area (Å²) in [7, 11) is 0. The van der Waals surface area contributed by atoms with Gasteiger partial charge in [0.15, 0.2) is 0 Å². The van der Waals surface area contributed by atoms with Crippen LogP contribution in [0, 0.1) is 12.8 Å². The predicted octanol–water partition coefficient (Wildman–Crippen LogP) is 2.61. The monoisotopic (exact) mass is 212 g/mol. The van der Waals surface area contributed by atoms with E-state index in [2.05, 4.69) is 4.98 Å². The van der Waals surface area contributed by atoms with Crippen LogP contribution < -0.4 is 5.73 Å². The Kier molecular flexibility index (Phi) is 3.90. The fourth-order valence-electron chi connectivity index (χ4n) is 1.79. The van der Waals surface area contributed by atoms with Gasteiger partial charge in [-0.2, -0.15) is 0 Å². The van der Waals surface area contributed by atoms with E-state index in [1.165, 1.54) is 19.3 Å². The van der Waals surface area contributed by atoms with E-state index in [0.717, 1.165) is 11.4 Å². The molecule has 0 radical (unpaired) electrons. The third kappa shape index (κ3) is 2.25. The lowest BCUT2D eigenvalue weighted by Crippen LogP contribution is -2.27. The van der Waals surface area contributed by atoms with Gasteiger partial charge in [-0.05, 0) is 37.8 Å². The molecule has 0 spiro atoms. The molecule has 2 N–H and O–H groups in total. The Balaban J connectivity index is 0.000000980. The summed E-state index contributed by atoms with van der Waals surface area (Å²) in [5, 5.41) is 0. The van der Waals surface area contributed by atoms with Crippen LogP contribution in [-0.4, -0.2) is 4.98 Å². The van der Waals surface area contributed by atoms with Crippen molar-refractivity contribution in [1.29, 1.82) is 0 Å². The molecule has 3 heteroatoms. The Labute approximate surface area is 91.3 Å². The summed E-state index contributed by atoms with van der Waals surface area (Å²) in [4.78, 5) is 4.45. The zero-order valence-electron chi connectivity index (χ0n) is 8.44. The molecule has 0 amide bonds. The smallest absolute Gasteiger partial charge is 0.0577 e. The van der Waals surface area contributed by atoms with Crippen molar-refractivity contribution < 1.29 is 0 Å². The van der Waals surface area contributed by atoms with Gasteiger partial charge in [0.1, 0.15) is 0 Å². The third-order valence-corrected chi connectivity index (χ3v) is 2.91. The second-order valence-electron chi connectivity index (χ2n) is 3.92. The van der Waals surface area contributed by atoms with E-state index in [4.69, 9.17) is 5.73 Å². The fourth-order valence-corrected chi connectivity index (χ4v) is 1.79. The van der Waals surface area contributed by atoms with Crippen LogP contribution in [0.15, 0.2) is 18.2 Å². The van der Waals surface area contributed by atoms with Crippen LogP contribution in [0.25, 0.3) is 0 Å². The van der Waals surface area contributed by atoms with Crippen LogP contribution >= 0.6 is 12.4 Å². The van der Waals surface area contributed by atoms with Crippen molar-refractivity contribution in [2.24, 2.45) is 11.7 Å². The Bertz CT molecular complexity index is 297. The molecule has 1 aromatic rings. The molecule has 0 aliphatic heterocycles. The summed E-state index contributed by atoms with van der Waals surface area (Å²) in [6, 6.07) is 6.25. The molecule has 1 fully saturated rings. The minimum absolute atomic E-state index is 0. The van der Waals surface area contributed by atoms with E-state index < -0.39 is 0 Å². The van der Waals surface area contributed by atoms with Gasteiger partial charge in [-0.25, -0.2) is 0 Å². The molecule has 0 saturated heterocycles. The first-order valence-electron chi connectivity index (χ1n) is 4.96. The maximum absolute atomic E-state index is 6.11. The van der Waals surface area contributed by atoms with Gasteiger partial charge < -0.3 is 5.73 Å². The summed E-state index contributed by atoms with van der Waals surface area (Å²) in [5.74, 6) is 0.675. The number of halogens is 1. The van der Waals surface area contributed by atoms with Crippen LogP contribution in [0.2, 0.25) is 0 Å². The molecular formula is C11H17ClN2. The van der Waals surface area contributed by atoms with Crippen molar-refractivity contribution in [3.8, 4) is 0 Å². The number of nitrogens with zero attached hydrogens (tertiary/aromatic N) is 1. The largest absolute Gasteiger partial charge is 0.322 e. The van der Waals surface area contributed by atoms with Crippen molar-refractivity contribution in [1.82, 2.24) is 4.98 Å². The lowest BCUT2D eigenvalue weighted by atomic mass is 9.79. The van der Waals surface area contributed by atoms with Crippen LogP contribution in [-0.2, 0) is 0 Å². The number of aromatic nitrogens is 1.